The Bertz CT molecular complexity index is 601. The highest BCUT2D eigenvalue weighted by molar-refractivity contribution is 5.83. The van der Waals surface area contributed by atoms with Crippen molar-refractivity contribution in [3.63, 3.8) is 0 Å². The Morgan fingerprint density at radius 3 is 2.76 bits per heavy atom. The van der Waals surface area contributed by atoms with Crippen LogP contribution in [0.2, 0.25) is 0 Å². The van der Waals surface area contributed by atoms with Gasteiger partial charge in [-0.1, -0.05) is 18.2 Å². The number of alkyl halides is 1. The number of likely N-dealkylation sites (tertiary alicyclic amines) is 1. The molecule has 1 heterocycles. The zero-order valence-electron chi connectivity index (χ0n) is 11.8. The first-order chi connectivity index (χ1) is 9.98. The van der Waals surface area contributed by atoms with Crippen LogP contribution in [0.4, 0.5) is 4.39 Å². The molecule has 1 N–H and O–H groups in total. The van der Waals surface area contributed by atoms with Crippen LogP contribution in [-0.4, -0.2) is 40.6 Å². The molecule has 0 bridgehead atoms. The third kappa shape index (κ3) is 2.64. The Morgan fingerprint density at radius 2 is 2.05 bits per heavy atom. The Morgan fingerprint density at radius 1 is 1.29 bits per heavy atom. The molecule has 1 aliphatic heterocycles. The quantitative estimate of drug-likeness (QED) is 0.923. The number of rotatable bonds is 3. The molecule has 5 heteroatoms. The number of halogens is 1. The van der Waals surface area contributed by atoms with Gasteiger partial charge in [0.25, 0.3) is 0 Å². The van der Waals surface area contributed by atoms with Gasteiger partial charge in [0.2, 0.25) is 11.6 Å². The molecule has 1 aromatic carbocycles. The highest BCUT2D eigenvalue weighted by atomic mass is 19.1. The predicted octanol–water partition coefficient (Wildman–Crippen LogP) is 1.74. The van der Waals surface area contributed by atoms with Gasteiger partial charge in [0.1, 0.15) is 0 Å². The van der Waals surface area contributed by atoms with Crippen LogP contribution in [0.15, 0.2) is 18.2 Å². The second-order valence-corrected chi connectivity index (χ2v) is 5.97. The smallest absolute Gasteiger partial charge is 0.343 e. The van der Waals surface area contributed by atoms with E-state index in [2.05, 4.69) is 12.1 Å². The van der Waals surface area contributed by atoms with Crippen LogP contribution in [0, 0.1) is 0 Å². The van der Waals surface area contributed by atoms with E-state index in [9.17, 15) is 14.0 Å². The minimum absolute atomic E-state index is 0.127. The van der Waals surface area contributed by atoms with Crippen LogP contribution >= 0.6 is 0 Å². The van der Waals surface area contributed by atoms with Gasteiger partial charge in [-0.2, -0.15) is 0 Å². The Kier molecular flexibility index (Phi) is 3.43. The summed E-state index contributed by atoms with van der Waals surface area (Å²) in [5.41, 5.74) is 1.29. The molecule has 1 aliphatic carbocycles. The fraction of sp³-hybridized carbons (Fsp3) is 0.500. The highest BCUT2D eigenvalue weighted by Gasteiger charge is 2.46. The lowest BCUT2D eigenvalue weighted by Crippen LogP contribution is -2.39. The van der Waals surface area contributed by atoms with Crippen molar-refractivity contribution in [2.24, 2.45) is 0 Å². The fourth-order valence-electron chi connectivity index (χ4n) is 3.18. The van der Waals surface area contributed by atoms with Crippen molar-refractivity contribution in [3.8, 4) is 0 Å². The zero-order chi connectivity index (χ0) is 15.0. The van der Waals surface area contributed by atoms with Gasteiger partial charge < -0.3 is 10.0 Å². The lowest BCUT2D eigenvalue weighted by atomic mass is 10.0. The van der Waals surface area contributed by atoms with Gasteiger partial charge in [0.15, 0.2) is 0 Å². The van der Waals surface area contributed by atoms with E-state index in [1.54, 1.807) is 0 Å². The number of hydrogen-bond donors (Lipinski definition) is 1. The van der Waals surface area contributed by atoms with Crippen LogP contribution in [0.5, 0.6) is 0 Å². The second-order valence-electron chi connectivity index (χ2n) is 5.97. The Balaban J connectivity index is 1.66. The van der Waals surface area contributed by atoms with Crippen LogP contribution < -0.4 is 0 Å². The van der Waals surface area contributed by atoms with Crippen LogP contribution in [-0.2, 0) is 28.9 Å². The van der Waals surface area contributed by atoms with E-state index in [1.807, 2.05) is 6.07 Å². The molecule has 1 unspecified atom stereocenters. The first-order valence-corrected chi connectivity index (χ1v) is 7.29. The number of hydrogen-bond acceptors (Lipinski definition) is 2. The maximum absolute atomic E-state index is 14.0. The number of carbonyl (C=O) groups excluding carboxylic acids is 1. The number of carboxylic acids is 1. The summed E-state index contributed by atoms with van der Waals surface area (Å²) in [6, 6.07) is 6.06. The van der Waals surface area contributed by atoms with Gasteiger partial charge in [-0.15, -0.1) is 0 Å². The largest absolute Gasteiger partial charge is 0.479 e. The van der Waals surface area contributed by atoms with E-state index in [4.69, 9.17) is 5.11 Å². The van der Waals surface area contributed by atoms with E-state index in [-0.39, 0.29) is 31.8 Å². The average Bonchev–Trinajstić information content (AvgIpc) is 3.05. The summed E-state index contributed by atoms with van der Waals surface area (Å²) < 4.78 is 14.0. The molecule has 0 saturated carbocycles. The number of nitrogens with zero attached hydrogens (tertiary/aromatic N) is 1. The number of fused-ring (bicyclic) bond motifs is 1. The maximum atomic E-state index is 14.0. The number of carbonyl (C=O) groups is 2. The molecule has 112 valence electrons. The molecule has 1 fully saturated rings. The molecule has 21 heavy (non-hydrogen) atoms. The lowest BCUT2D eigenvalue weighted by molar-refractivity contribution is -0.150. The molecular formula is C16H18FNO3. The molecule has 0 radical (unpaired) electrons. The number of carboxylic acid groups (broad SMARTS) is 1. The van der Waals surface area contributed by atoms with E-state index in [1.165, 1.54) is 16.0 Å². The summed E-state index contributed by atoms with van der Waals surface area (Å²) in [6.45, 7) is -0.168. The standard InChI is InChI=1S/C16H18FNO3/c17-16(15(20)21)6-7-18(10-16)14(19)9-11-4-5-12-2-1-3-13(12)8-11/h4-5,8H,1-3,6-7,9-10H2,(H,20,21). The minimum Gasteiger partial charge on any atom is -0.479 e. The summed E-state index contributed by atoms with van der Waals surface area (Å²) in [5.74, 6) is -1.68. The van der Waals surface area contributed by atoms with Gasteiger partial charge in [-0.3, -0.25) is 4.79 Å². The molecule has 0 spiro atoms. The number of amides is 1. The molecule has 2 aliphatic rings. The second kappa shape index (κ2) is 5.13. The molecule has 1 amide bonds. The monoisotopic (exact) mass is 291 g/mol. The van der Waals surface area contributed by atoms with Crippen molar-refractivity contribution in [1.29, 1.82) is 0 Å². The van der Waals surface area contributed by atoms with E-state index >= 15 is 0 Å². The summed E-state index contributed by atoms with van der Waals surface area (Å²) in [5, 5.41) is 8.85. The van der Waals surface area contributed by atoms with Crippen LogP contribution in [0.1, 0.15) is 29.5 Å². The molecule has 0 aromatic heterocycles. The normalized spacial score (nSPS) is 24.1. The predicted molar refractivity (Wildman–Crippen MR) is 74.8 cm³/mol. The molecule has 4 nitrogen and oxygen atoms in total. The number of benzene rings is 1. The molecule has 1 aromatic rings. The fourth-order valence-corrected chi connectivity index (χ4v) is 3.18. The molecular weight excluding hydrogens is 273 g/mol. The Labute approximate surface area is 122 Å². The van der Waals surface area contributed by atoms with Crippen molar-refractivity contribution in [3.05, 3.63) is 34.9 Å². The third-order valence-corrected chi connectivity index (χ3v) is 4.47. The van der Waals surface area contributed by atoms with Gasteiger partial charge in [0, 0.05) is 13.0 Å². The summed E-state index contributed by atoms with van der Waals surface area (Å²) >= 11 is 0. The van der Waals surface area contributed by atoms with Crippen molar-refractivity contribution < 1.29 is 19.1 Å². The van der Waals surface area contributed by atoms with E-state index in [0.717, 1.165) is 24.8 Å². The summed E-state index contributed by atoms with van der Waals surface area (Å²) in [7, 11) is 0. The van der Waals surface area contributed by atoms with Crippen molar-refractivity contribution in [2.75, 3.05) is 13.1 Å². The first kappa shape index (κ1) is 14.0. The van der Waals surface area contributed by atoms with Crippen molar-refractivity contribution >= 4 is 11.9 Å². The molecule has 1 atom stereocenters. The lowest BCUT2D eigenvalue weighted by Gasteiger charge is -2.18. The van der Waals surface area contributed by atoms with E-state index < -0.39 is 11.6 Å². The SMILES string of the molecule is O=C(Cc1ccc2c(c1)CCC2)N1CCC(F)(C(=O)O)C1. The number of aliphatic carboxylic acids is 1. The van der Waals surface area contributed by atoms with E-state index in [0.29, 0.717) is 0 Å². The van der Waals surface area contributed by atoms with Gasteiger partial charge in [-0.25, -0.2) is 9.18 Å². The third-order valence-electron chi connectivity index (χ3n) is 4.47. The van der Waals surface area contributed by atoms with Gasteiger partial charge in [-0.05, 0) is 36.0 Å². The zero-order valence-corrected chi connectivity index (χ0v) is 11.8. The minimum atomic E-state index is -2.28. The topological polar surface area (TPSA) is 57.6 Å². The first-order valence-electron chi connectivity index (χ1n) is 7.29. The Hall–Kier alpha value is -1.91. The van der Waals surface area contributed by atoms with Gasteiger partial charge in [0.05, 0.1) is 13.0 Å². The average molecular weight is 291 g/mol. The van der Waals surface area contributed by atoms with Gasteiger partial charge >= 0.3 is 5.97 Å². The summed E-state index contributed by atoms with van der Waals surface area (Å²) in [4.78, 5) is 24.4. The van der Waals surface area contributed by atoms with Crippen LogP contribution in [0.25, 0.3) is 0 Å². The number of aryl methyl sites for hydroxylation is 2. The summed E-state index contributed by atoms with van der Waals surface area (Å²) in [6.07, 6.45) is 3.38. The van der Waals surface area contributed by atoms with Crippen molar-refractivity contribution in [2.45, 2.75) is 37.8 Å². The van der Waals surface area contributed by atoms with Crippen LogP contribution in [0.3, 0.4) is 0 Å². The molecule has 3 rings (SSSR count). The highest BCUT2D eigenvalue weighted by Crippen LogP contribution is 2.27. The maximum Gasteiger partial charge on any atom is 0.343 e. The molecule has 1 saturated heterocycles. The van der Waals surface area contributed by atoms with Crippen molar-refractivity contribution in [1.82, 2.24) is 4.90 Å².